The van der Waals surface area contributed by atoms with E-state index in [4.69, 9.17) is 16.3 Å². The van der Waals surface area contributed by atoms with Crippen LogP contribution in [0.5, 0.6) is 5.75 Å². The molecule has 0 aliphatic heterocycles. The predicted octanol–water partition coefficient (Wildman–Crippen LogP) is 3.14. The highest BCUT2D eigenvalue weighted by atomic mass is 35.5. The van der Waals surface area contributed by atoms with Crippen LogP contribution in [0.25, 0.3) is 0 Å². The lowest BCUT2D eigenvalue weighted by atomic mass is 10.2. The molecule has 0 saturated heterocycles. The molecule has 1 heterocycles. The normalized spacial score (nSPS) is 10.1. The van der Waals surface area contributed by atoms with E-state index in [1.807, 2.05) is 0 Å². The number of carbonyl (C=O) groups excluding carboxylic acids is 1. The molecule has 1 N–H and O–H groups in total. The second-order valence-corrected chi connectivity index (χ2v) is 4.04. The van der Waals surface area contributed by atoms with Crippen LogP contribution in [0, 0.1) is 5.82 Å². The highest BCUT2D eigenvalue weighted by Gasteiger charge is 2.10. The van der Waals surface area contributed by atoms with Crippen LogP contribution in [0.3, 0.4) is 0 Å². The minimum Gasteiger partial charge on any atom is -0.494 e. The second-order valence-electron chi connectivity index (χ2n) is 3.65. The van der Waals surface area contributed by atoms with Crippen molar-refractivity contribution < 1.29 is 13.9 Å². The van der Waals surface area contributed by atoms with Crippen LogP contribution in [0.15, 0.2) is 36.4 Å². The lowest BCUT2D eigenvalue weighted by molar-refractivity contribution is 0.102. The molecule has 98 valence electrons. The molecule has 0 fully saturated rings. The number of hydrogen-bond acceptors (Lipinski definition) is 3. The van der Waals surface area contributed by atoms with Crippen molar-refractivity contribution in [1.82, 2.24) is 4.98 Å². The van der Waals surface area contributed by atoms with Gasteiger partial charge in [0.1, 0.15) is 10.8 Å². The van der Waals surface area contributed by atoms with E-state index in [2.05, 4.69) is 10.3 Å². The van der Waals surface area contributed by atoms with Gasteiger partial charge in [0.15, 0.2) is 11.6 Å². The third-order valence-electron chi connectivity index (χ3n) is 2.36. The first kappa shape index (κ1) is 13.3. The minimum absolute atomic E-state index is 0.0526. The molecule has 0 saturated carbocycles. The van der Waals surface area contributed by atoms with Gasteiger partial charge in [0.25, 0.3) is 5.91 Å². The average molecular weight is 281 g/mol. The van der Waals surface area contributed by atoms with Crippen LogP contribution in [0.1, 0.15) is 10.5 Å². The van der Waals surface area contributed by atoms with E-state index in [1.165, 1.54) is 31.4 Å². The number of aromatic nitrogens is 1. The Balaban J connectivity index is 2.19. The molecule has 0 aliphatic carbocycles. The molecular weight excluding hydrogens is 271 g/mol. The van der Waals surface area contributed by atoms with Crippen LogP contribution in [0.4, 0.5) is 10.1 Å². The largest absolute Gasteiger partial charge is 0.494 e. The van der Waals surface area contributed by atoms with Crippen LogP contribution in [-0.4, -0.2) is 18.0 Å². The third-order valence-corrected chi connectivity index (χ3v) is 2.57. The number of benzene rings is 1. The third kappa shape index (κ3) is 3.20. The molecule has 2 aromatic rings. The number of pyridine rings is 1. The number of ether oxygens (including phenoxy) is 1. The highest BCUT2D eigenvalue weighted by Crippen LogP contribution is 2.21. The predicted molar refractivity (Wildman–Crippen MR) is 70.2 cm³/mol. The molecule has 4 nitrogen and oxygen atoms in total. The fourth-order valence-corrected chi connectivity index (χ4v) is 1.63. The van der Waals surface area contributed by atoms with E-state index in [0.717, 1.165) is 0 Å². The topological polar surface area (TPSA) is 51.2 Å². The SMILES string of the molecule is COc1cc(NC(=O)c2cccc(Cl)n2)ccc1F. The summed E-state index contributed by atoms with van der Waals surface area (Å²) in [7, 11) is 1.35. The van der Waals surface area contributed by atoms with Gasteiger partial charge >= 0.3 is 0 Å². The summed E-state index contributed by atoms with van der Waals surface area (Å²) in [5, 5.41) is 2.81. The quantitative estimate of drug-likeness (QED) is 0.879. The fourth-order valence-electron chi connectivity index (χ4n) is 1.47. The zero-order valence-corrected chi connectivity index (χ0v) is 10.7. The Morgan fingerprint density at radius 2 is 2.16 bits per heavy atom. The number of nitrogens with zero attached hydrogens (tertiary/aromatic N) is 1. The zero-order chi connectivity index (χ0) is 13.8. The molecule has 1 aromatic heterocycles. The molecule has 0 aliphatic rings. The van der Waals surface area contributed by atoms with E-state index < -0.39 is 11.7 Å². The van der Waals surface area contributed by atoms with E-state index in [9.17, 15) is 9.18 Å². The number of hydrogen-bond donors (Lipinski definition) is 1. The van der Waals surface area contributed by atoms with Gasteiger partial charge in [-0.25, -0.2) is 9.37 Å². The Kier molecular flexibility index (Phi) is 3.97. The van der Waals surface area contributed by atoms with Crippen LogP contribution in [-0.2, 0) is 0 Å². The maximum atomic E-state index is 13.2. The summed E-state index contributed by atoms with van der Waals surface area (Å²) in [6.45, 7) is 0. The van der Waals surface area contributed by atoms with Gasteiger partial charge in [-0.1, -0.05) is 17.7 Å². The van der Waals surface area contributed by atoms with Gasteiger partial charge in [0, 0.05) is 11.8 Å². The Bertz CT molecular complexity index is 619. The van der Waals surface area contributed by atoms with Crippen molar-refractivity contribution in [2.45, 2.75) is 0 Å². The highest BCUT2D eigenvalue weighted by molar-refractivity contribution is 6.29. The number of rotatable bonds is 3. The van der Waals surface area contributed by atoms with E-state index in [0.29, 0.717) is 5.69 Å². The zero-order valence-electron chi connectivity index (χ0n) is 9.98. The van der Waals surface area contributed by atoms with Gasteiger partial charge in [-0.3, -0.25) is 4.79 Å². The summed E-state index contributed by atoms with van der Waals surface area (Å²) in [4.78, 5) is 15.8. The van der Waals surface area contributed by atoms with Crippen molar-refractivity contribution >= 4 is 23.2 Å². The minimum atomic E-state index is -0.499. The maximum Gasteiger partial charge on any atom is 0.274 e. The van der Waals surface area contributed by atoms with Gasteiger partial charge < -0.3 is 10.1 Å². The molecule has 1 aromatic carbocycles. The number of anilines is 1. The number of amides is 1. The van der Waals surface area contributed by atoms with Gasteiger partial charge in [0.05, 0.1) is 7.11 Å². The summed E-state index contributed by atoms with van der Waals surface area (Å²) in [5.74, 6) is -0.880. The summed E-state index contributed by atoms with van der Waals surface area (Å²) < 4.78 is 18.0. The summed E-state index contributed by atoms with van der Waals surface area (Å²) >= 11 is 5.70. The number of carbonyl (C=O) groups is 1. The van der Waals surface area contributed by atoms with Crippen LogP contribution in [0.2, 0.25) is 5.15 Å². The lowest BCUT2D eigenvalue weighted by Crippen LogP contribution is -2.13. The lowest BCUT2D eigenvalue weighted by Gasteiger charge is -2.07. The van der Waals surface area contributed by atoms with E-state index >= 15 is 0 Å². The first-order chi connectivity index (χ1) is 9.10. The van der Waals surface area contributed by atoms with Crippen molar-refractivity contribution in [2.24, 2.45) is 0 Å². The molecule has 19 heavy (non-hydrogen) atoms. The first-order valence-electron chi connectivity index (χ1n) is 5.37. The standard InChI is InChI=1S/C13H10ClFN2O2/c1-19-11-7-8(5-6-9(11)15)16-13(18)10-3-2-4-12(14)17-10/h2-7H,1H3,(H,16,18). The molecule has 0 unspecified atom stereocenters. The Hall–Kier alpha value is -2.14. The number of halogens is 2. The van der Waals surface area contributed by atoms with Crippen molar-refractivity contribution in [3.8, 4) is 5.75 Å². The molecule has 1 amide bonds. The number of nitrogens with one attached hydrogen (secondary N) is 1. The van der Waals surface area contributed by atoms with E-state index in [-0.39, 0.29) is 16.6 Å². The van der Waals surface area contributed by atoms with Gasteiger partial charge in [-0.15, -0.1) is 0 Å². The number of methoxy groups -OCH3 is 1. The van der Waals surface area contributed by atoms with Crippen LogP contribution < -0.4 is 10.1 Å². The molecule has 0 atom stereocenters. The van der Waals surface area contributed by atoms with Gasteiger partial charge in [0.2, 0.25) is 0 Å². The molecule has 0 spiro atoms. The van der Waals surface area contributed by atoms with Crippen molar-refractivity contribution in [3.05, 3.63) is 53.1 Å². The second kappa shape index (κ2) is 5.67. The van der Waals surface area contributed by atoms with Gasteiger partial charge in [-0.05, 0) is 24.3 Å². The fraction of sp³-hybridized carbons (Fsp3) is 0.0769. The molecular formula is C13H10ClFN2O2. The molecule has 6 heteroatoms. The molecule has 0 radical (unpaired) electrons. The maximum absolute atomic E-state index is 13.2. The summed E-state index contributed by atoms with van der Waals surface area (Å²) in [5.41, 5.74) is 0.584. The summed E-state index contributed by atoms with van der Waals surface area (Å²) in [6, 6.07) is 8.74. The van der Waals surface area contributed by atoms with Crippen molar-refractivity contribution in [2.75, 3.05) is 12.4 Å². The van der Waals surface area contributed by atoms with Crippen LogP contribution >= 0.6 is 11.6 Å². The Morgan fingerprint density at radius 1 is 1.37 bits per heavy atom. The average Bonchev–Trinajstić information content (AvgIpc) is 2.41. The molecule has 2 rings (SSSR count). The Morgan fingerprint density at radius 3 is 2.84 bits per heavy atom. The smallest absolute Gasteiger partial charge is 0.274 e. The van der Waals surface area contributed by atoms with Crippen molar-refractivity contribution in [1.29, 1.82) is 0 Å². The summed E-state index contributed by atoms with van der Waals surface area (Å²) in [6.07, 6.45) is 0. The Labute approximate surface area is 114 Å². The monoisotopic (exact) mass is 280 g/mol. The van der Waals surface area contributed by atoms with Gasteiger partial charge in [-0.2, -0.15) is 0 Å². The molecule has 0 bridgehead atoms. The van der Waals surface area contributed by atoms with Crippen molar-refractivity contribution in [3.63, 3.8) is 0 Å². The first-order valence-corrected chi connectivity index (χ1v) is 5.75. The van der Waals surface area contributed by atoms with E-state index in [1.54, 1.807) is 12.1 Å².